The van der Waals surface area contributed by atoms with Crippen LogP contribution in [0.5, 0.6) is 0 Å². The summed E-state index contributed by atoms with van der Waals surface area (Å²) in [5.74, 6) is 1.52. The smallest absolute Gasteiger partial charge is 0.277 e. The van der Waals surface area contributed by atoms with E-state index in [0.717, 1.165) is 25.8 Å². The average Bonchev–Trinajstić information content (AvgIpc) is 2.94. The number of aromatic nitrogens is 2. The van der Waals surface area contributed by atoms with E-state index in [1.807, 2.05) is 18.1 Å². The molecule has 1 aliphatic rings. The van der Waals surface area contributed by atoms with Crippen molar-refractivity contribution in [2.75, 3.05) is 12.8 Å². The lowest BCUT2D eigenvalue weighted by Gasteiger charge is -2.36. The Kier molecular flexibility index (Phi) is 6.41. The molecule has 0 radical (unpaired) electrons. The van der Waals surface area contributed by atoms with Crippen LogP contribution in [-0.2, 0) is 10.5 Å². The number of piperidine rings is 1. The van der Waals surface area contributed by atoms with Gasteiger partial charge in [0.1, 0.15) is 0 Å². The van der Waals surface area contributed by atoms with E-state index in [1.165, 1.54) is 18.2 Å². The number of carbonyl (C=O) groups is 1. The number of hydrogen-bond acceptors (Lipinski definition) is 6. The van der Waals surface area contributed by atoms with Gasteiger partial charge in [0, 0.05) is 12.6 Å². The number of carbonyl (C=O) groups excluding carboxylic acids is 1. The molecule has 2 unspecified atom stereocenters. The van der Waals surface area contributed by atoms with Crippen LogP contribution in [0.2, 0.25) is 0 Å². The largest absolute Gasteiger partial charge is 0.415 e. The van der Waals surface area contributed by atoms with Crippen LogP contribution in [0.1, 0.15) is 45.4 Å². The molecule has 2 atom stereocenters. The highest BCUT2D eigenvalue weighted by molar-refractivity contribution is 8.00. The molecule has 0 bridgehead atoms. The fourth-order valence-corrected chi connectivity index (χ4v) is 3.75. The molecule has 2 rings (SSSR count). The highest BCUT2D eigenvalue weighted by Gasteiger charge is 2.29. The number of likely N-dealkylation sites (tertiary alicyclic amines) is 1. The fraction of sp³-hybridized carbons (Fsp3) is 0.786. The Hall–Kier alpha value is -0.690. The lowest BCUT2D eigenvalue weighted by Crippen LogP contribution is -2.46. The van der Waals surface area contributed by atoms with E-state index in [0.29, 0.717) is 22.9 Å². The van der Waals surface area contributed by atoms with Gasteiger partial charge in [-0.15, -0.1) is 10.2 Å². The second-order valence-electron chi connectivity index (χ2n) is 5.24. The van der Waals surface area contributed by atoms with Crippen molar-refractivity contribution < 1.29 is 9.21 Å². The van der Waals surface area contributed by atoms with Crippen LogP contribution in [0.3, 0.4) is 0 Å². The van der Waals surface area contributed by atoms with Gasteiger partial charge in [-0.1, -0.05) is 18.7 Å². The van der Waals surface area contributed by atoms with E-state index in [1.54, 1.807) is 11.8 Å². The highest BCUT2D eigenvalue weighted by Crippen LogP contribution is 2.27. The molecule has 1 fully saturated rings. The van der Waals surface area contributed by atoms with Gasteiger partial charge in [-0.3, -0.25) is 4.79 Å². The number of thioether (sulfide) groups is 2. The van der Waals surface area contributed by atoms with Crippen molar-refractivity contribution in [2.24, 2.45) is 0 Å². The first kappa shape index (κ1) is 16.7. The zero-order valence-electron chi connectivity index (χ0n) is 12.9. The molecular formula is C14H23N3O2S2. The minimum atomic E-state index is -0.181. The van der Waals surface area contributed by atoms with Gasteiger partial charge in [-0.25, -0.2) is 0 Å². The van der Waals surface area contributed by atoms with Crippen molar-refractivity contribution in [3.63, 3.8) is 0 Å². The first-order valence-electron chi connectivity index (χ1n) is 7.44. The zero-order chi connectivity index (χ0) is 15.2. The Morgan fingerprint density at radius 1 is 1.48 bits per heavy atom. The lowest BCUT2D eigenvalue weighted by atomic mass is 10.00. The predicted molar refractivity (Wildman–Crippen MR) is 86.5 cm³/mol. The van der Waals surface area contributed by atoms with E-state index in [4.69, 9.17) is 4.42 Å². The minimum Gasteiger partial charge on any atom is -0.415 e. The van der Waals surface area contributed by atoms with Crippen molar-refractivity contribution in [3.05, 3.63) is 5.89 Å². The quantitative estimate of drug-likeness (QED) is 0.747. The summed E-state index contributed by atoms with van der Waals surface area (Å²) in [7, 11) is 0. The van der Waals surface area contributed by atoms with Gasteiger partial charge in [-0.05, 0) is 38.9 Å². The third-order valence-corrected chi connectivity index (χ3v) is 5.18. The molecule has 0 aliphatic carbocycles. The van der Waals surface area contributed by atoms with Crippen LogP contribution in [0, 0.1) is 0 Å². The maximum Gasteiger partial charge on any atom is 0.277 e. The molecule has 0 spiro atoms. The molecule has 0 aromatic carbocycles. The van der Waals surface area contributed by atoms with Crippen LogP contribution in [0.25, 0.3) is 0 Å². The first-order valence-corrected chi connectivity index (χ1v) is 9.71. The topological polar surface area (TPSA) is 59.2 Å². The van der Waals surface area contributed by atoms with Gasteiger partial charge in [0.2, 0.25) is 11.8 Å². The monoisotopic (exact) mass is 329 g/mol. The van der Waals surface area contributed by atoms with Crippen LogP contribution >= 0.6 is 23.5 Å². The van der Waals surface area contributed by atoms with Crippen molar-refractivity contribution in [3.8, 4) is 0 Å². The van der Waals surface area contributed by atoms with E-state index < -0.39 is 0 Å². The Bertz CT molecular complexity index is 467. The Balaban J connectivity index is 1.94. The summed E-state index contributed by atoms with van der Waals surface area (Å²) < 4.78 is 5.53. The van der Waals surface area contributed by atoms with E-state index in [-0.39, 0.29) is 11.2 Å². The summed E-state index contributed by atoms with van der Waals surface area (Å²) in [4.78, 5) is 14.7. The molecule has 0 N–H and O–H groups in total. The van der Waals surface area contributed by atoms with Crippen LogP contribution in [-0.4, -0.2) is 45.1 Å². The molecule has 1 aromatic heterocycles. The fourth-order valence-electron chi connectivity index (χ4n) is 2.62. The molecule has 1 aromatic rings. The first-order chi connectivity index (χ1) is 10.2. The third kappa shape index (κ3) is 4.39. The maximum atomic E-state index is 12.6. The standard InChI is InChI=1S/C14H23N3O2S2/c1-4-11-7-5-6-8-17(11)13(18)10(2)21-14-16-15-12(19-14)9-20-3/h10-11H,4-9H2,1-3H3. The zero-order valence-corrected chi connectivity index (χ0v) is 14.5. The molecular weight excluding hydrogens is 306 g/mol. The average molecular weight is 329 g/mol. The molecule has 118 valence electrons. The number of amides is 1. The normalized spacial score (nSPS) is 20.5. The summed E-state index contributed by atoms with van der Waals surface area (Å²) in [5.41, 5.74) is 0. The molecule has 0 saturated carbocycles. The van der Waals surface area contributed by atoms with Gasteiger partial charge >= 0.3 is 0 Å². The molecule has 2 heterocycles. The summed E-state index contributed by atoms with van der Waals surface area (Å²) in [5, 5.41) is 8.29. The second kappa shape index (κ2) is 8.08. The van der Waals surface area contributed by atoms with E-state index in [9.17, 15) is 4.79 Å². The SMILES string of the molecule is CCC1CCCCN1C(=O)C(C)Sc1nnc(CSC)o1. The summed E-state index contributed by atoms with van der Waals surface area (Å²) in [6.07, 6.45) is 6.48. The molecule has 1 saturated heterocycles. The van der Waals surface area contributed by atoms with Crippen LogP contribution in [0.4, 0.5) is 0 Å². The molecule has 1 aliphatic heterocycles. The molecule has 7 heteroatoms. The molecule has 21 heavy (non-hydrogen) atoms. The minimum absolute atomic E-state index is 0.181. The summed E-state index contributed by atoms with van der Waals surface area (Å²) >= 11 is 3.00. The number of rotatable bonds is 6. The van der Waals surface area contributed by atoms with Crippen molar-refractivity contribution in [2.45, 2.75) is 61.8 Å². The van der Waals surface area contributed by atoms with E-state index >= 15 is 0 Å². The van der Waals surface area contributed by atoms with Gasteiger partial charge in [0.05, 0.1) is 11.0 Å². The number of nitrogens with zero attached hydrogens (tertiary/aromatic N) is 3. The van der Waals surface area contributed by atoms with Crippen molar-refractivity contribution in [1.29, 1.82) is 0 Å². The lowest BCUT2D eigenvalue weighted by molar-refractivity contribution is -0.134. The summed E-state index contributed by atoms with van der Waals surface area (Å²) in [6, 6.07) is 0.393. The van der Waals surface area contributed by atoms with Gasteiger partial charge < -0.3 is 9.32 Å². The summed E-state index contributed by atoms with van der Waals surface area (Å²) in [6.45, 7) is 4.96. The third-order valence-electron chi connectivity index (χ3n) is 3.72. The Labute approximate surface area is 134 Å². The van der Waals surface area contributed by atoms with Gasteiger partial charge in [-0.2, -0.15) is 11.8 Å². The highest BCUT2D eigenvalue weighted by atomic mass is 32.2. The predicted octanol–water partition coefficient (Wildman–Crippen LogP) is 3.20. The molecule has 5 nitrogen and oxygen atoms in total. The van der Waals surface area contributed by atoms with E-state index in [2.05, 4.69) is 17.1 Å². The van der Waals surface area contributed by atoms with Gasteiger partial charge in [0.15, 0.2) is 0 Å². The Morgan fingerprint density at radius 3 is 3.00 bits per heavy atom. The molecule has 1 amide bonds. The van der Waals surface area contributed by atoms with Crippen molar-refractivity contribution >= 4 is 29.4 Å². The van der Waals surface area contributed by atoms with Crippen LogP contribution in [0.15, 0.2) is 9.64 Å². The second-order valence-corrected chi connectivity index (χ2v) is 7.40. The maximum absolute atomic E-state index is 12.6. The Morgan fingerprint density at radius 2 is 2.29 bits per heavy atom. The van der Waals surface area contributed by atoms with Crippen LogP contribution < -0.4 is 0 Å². The number of hydrogen-bond donors (Lipinski definition) is 0. The van der Waals surface area contributed by atoms with Crippen molar-refractivity contribution in [1.82, 2.24) is 15.1 Å². The van der Waals surface area contributed by atoms with Gasteiger partial charge in [0.25, 0.3) is 5.22 Å².